The van der Waals surface area contributed by atoms with E-state index in [1.165, 1.54) is 25.9 Å². The minimum Gasteiger partial charge on any atom is -0.497 e. The Morgan fingerprint density at radius 3 is 2.75 bits per heavy atom. The molecule has 5 heteroatoms. The molecule has 0 radical (unpaired) electrons. The molecule has 0 aliphatic carbocycles. The summed E-state index contributed by atoms with van der Waals surface area (Å²) in [4.78, 5) is 2.91. The van der Waals surface area contributed by atoms with E-state index in [4.69, 9.17) is 22.7 Å². The molecule has 1 aromatic rings. The predicted molar refractivity (Wildman–Crippen MR) is 87.6 cm³/mol. The first-order valence-corrected chi connectivity index (χ1v) is 7.48. The van der Waals surface area contributed by atoms with Gasteiger partial charge in [0.05, 0.1) is 7.11 Å². The third kappa shape index (κ3) is 3.61. The number of hydrogen-bond donors (Lipinski definition) is 2. The van der Waals surface area contributed by atoms with Crippen molar-refractivity contribution in [1.82, 2.24) is 4.90 Å². The molecule has 0 amide bonds. The number of ether oxygens (including phenoxy) is 1. The molecular weight excluding hydrogens is 270 g/mol. The van der Waals surface area contributed by atoms with Crippen molar-refractivity contribution in [3.05, 3.63) is 23.8 Å². The van der Waals surface area contributed by atoms with Crippen LogP contribution in [0.15, 0.2) is 18.2 Å². The van der Waals surface area contributed by atoms with Crippen molar-refractivity contribution in [1.29, 1.82) is 0 Å². The number of nitrogens with one attached hydrogen (secondary N) is 1. The molecule has 2 rings (SSSR count). The van der Waals surface area contributed by atoms with Gasteiger partial charge < -0.3 is 15.8 Å². The molecule has 0 aromatic heterocycles. The van der Waals surface area contributed by atoms with Gasteiger partial charge >= 0.3 is 0 Å². The molecule has 1 unspecified atom stereocenters. The van der Waals surface area contributed by atoms with Gasteiger partial charge in [-0.25, -0.2) is 0 Å². The molecular formula is C15H23N3OS. The maximum absolute atomic E-state index is 5.77. The number of anilines is 1. The molecule has 1 fully saturated rings. The summed E-state index contributed by atoms with van der Waals surface area (Å²) >= 11 is 5.10. The zero-order chi connectivity index (χ0) is 14.5. The number of likely N-dealkylation sites (tertiary alicyclic amines) is 1. The van der Waals surface area contributed by atoms with E-state index in [-0.39, 0.29) is 0 Å². The first-order chi connectivity index (χ1) is 9.61. The van der Waals surface area contributed by atoms with Crippen LogP contribution in [0.4, 0.5) is 5.69 Å². The van der Waals surface area contributed by atoms with Crippen LogP contribution in [0.1, 0.15) is 25.3 Å². The number of methoxy groups -OCH3 is 1. The van der Waals surface area contributed by atoms with Crippen LogP contribution in [0.5, 0.6) is 5.75 Å². The predicted octanol–water partition coefficient (Wildman–Crippen LogP) is 2.23. The molecule has 1 saturated heterocycles. The molecule has 4 nitrogen and oxygen atoms in total. The van der Waals surface area contributed by atoms with Crippen LogP contribution in [0.2, 0.25) is 0 Å². The van der Waals surface area contributed by atoms with Crippen molar-refractivity contribution in [3.63, 3.8) is 0 Å². The standard InChI is InChI=1S/C15H23N3OS/c1-11(18-7-3-4-8-18)10-17-14-9-12(19-2)5-6-13(14)15(16)20/h5-6,9,11,17H,3-4,7-8,10H2,1-2H3,(H2,16,20). The number of hydrogen-bond acceptors (Lipinski definition) is 4. The minimum atomic E-state index is 0.406. The lowest BCUT2D eigenvalue weighted by Crippen LogP contribution is -2.35. The summed E-state index contributed by atoms with van der Waals surface area (Å²) in [6.45, 7) is 5.52. The second kappa shape index (κ2) is 6.90. The summed E-state index contributed by atoms with van der Waals surface area (Å²) in [6.07, 6.45) is 2.61. The third-order valence-corrected chi connectivity index (χ3v) is 4.06. The van der Waals surface area contributed by atoms with Crippen molar-refractivity contribution in [2.75, 3.05) is 32.1 Å². The SMILES string of the molecule is COc1ccc(C(N)=S)c(NCC(C)N2CCCC2)c1. The molecule has 1 heterocycles. The van der Waals surface area contributed by atoms with Gasteiger partial charge in [-0.3, -0.25) is 4.90 Å². The van der Waals surface area contributed by atoms with E-state index in [9.17, 15) is 0 Å². The fraction of sp³-hybridized carbons (Fsp3) is 0.533. The summed E-state index contributed by atoms with van der Waals surface area (Å²) in [7, 11) is 1.66. The van der Waals surface area contributed by atoms with Gasteiger partial charge in [0.2, 0.25) is 0 Å². The summed E-state index contributed by atoms with van der Waals surface area (Å²) in [5.41, 5.74) is 7.59. The number of rotatable bonds is 6. The average Bonchev–Trinajstić information content (AvgIpc) is 2.98. The Balaban J connectivity index is 2.04. The minimum absolute atomic E-state index is 0.406. The van der Waals surface area contributed by atoms with E-state index < -0.39 is 0 Å². The molecule has 110 valence electrons. The zero-order valence-corrected chi connectivity index (χ0v) is 13.0. The van der Waals surface area contributed by atoms with Crippen LogP contribution in [-0.4, -0.2) is 42.7 Å². The van der Waals surface area contributed by atoms with E-state index in [1.807, 2.05) is 18.2 Å². The molecule has 1 atom stereocenters. The summed E-state index contributed by atoms with van der Waals surface area (Å²) in [6, 6.07) is 6.24. The lowest BCUT2D eigenvalue weighted by molar-refractivity contribution is 0.269. The van der Waals surface area contributed by atoms with E-state index >= 15 is 0 Å². The van der Waals surface area contributed by atoms with Gasteiger partial charge in [-0.1, -0.05) is 12.2 Å². The maximum Gasteiger partial charge on any atom is 0.120 e. The lowest BCUT2D eigenvalue weighted by atomic mass is 10.1. The normalized spacial score (nSPS) is 16.9. The smallest absolute Gasteiger partial charge is 0.120 e. The van der Waals surface area contributed by atoms with Crippen LogP contribution in [0.3, 0.4) is 0 Å². The lowest BCUT2D eigenvalue weighted by Gasteiger charge is -2.25. The van der Waals surface area contributed by atoms with Gasteiger partial charge in [0.1, 0.15) is 10.7 Å². The van der Waals surface area contributed by atoms with Gasteiger partial charge in [0.15, 0.2) is 0 Å². The highest BCUT2D eigenvalue weighted by Crippen LogP contribution is 2.23. The summed E-state index contributed by atoms with van der Waals surface area (Å²) in [5, 5.41) is 3.46. The van der Waals surface area contributed by atoms with Gasteiger partial charge in [-0.05, 0) is 45.0 Å². The second-order valence-electron chi connectivity index (χ2n) is 5.25. The molecule has 0 bridgehead atoms. The molecule has 0 spiro atoms. The Kier molecular flexibility index (Phi) is 5.20. The van der Waals surface area contributed by atoms with Crippen LogP contribution < -0.4 is 15.8 Å². The van der Waals surface area contributed by atoms with Crippen molar-refractivity contribution in [2.45, 2.75) is 25.8 Å². The fourth-order valence-electron chi connectivity index (χ4n) is 2.58. The Hall–Kier alpha value is -1.33. The van der Waals surface area contributed by atoms with Crippen LogP contribution in [0.25, 0.3) is 0 Å². The van der Waals surface area contributed by atoms with Gasteiger partial charge in [-0.15, -0.1) is 0 Å². The van der Waals surface area contributed by atoms with Crippen molar-refractivity contribution < 1.29 is 4.74 Å². The Morgan fingerprint density at radius 2 is 2.15 bits per heavy atom. The van der Waals surface area contributed by atoms with E-state index in [0.717, 1.165) is 23.5 Å². The van der Waals surface area contributed by atoms with Gasteiger partial charge in [0, 0.05) is 29.9 Å². The molecule has 1 aliphatic rings. The molecule has 3 N–H and O–H groups in total. The van der Waals surface area contributed by atoms with E-state index in [2.05, 4.69) is 17.1 Å². The molecule has 1 aliphatic heterocycles. The Bertz CT molecular complexity index is 472. The Labute approximate surface area is 126 Å². The Morgan fingerprint density at radius 1 is 1.45 bits per heavy atom. The van der Waals surface area contributed by atoms with Crippen molar-refractivity contribution in [2.24, 2.45) is 5.73 Å². The summed E-state index contributed by atoms with van der Waals surface area (Å²) < 4.78 is 5.26. The largest absolute Gasteiger partial charge is 0.497 e. The highest BCUT2D eigenvalue weighted by molar-refractivity contribution is 7.80. The molecule has 0 saturated carbocycles. The average molecular weight is 293 g/mol. The maximum atomic E-state index is 5.77. The highest BCUT2D eigenvalue weighted by Gasteiger charge is 2.18. The van der Waals surface area contributed by atoms with Gasteiger partial charge in [-0.2, -0.15) is 0 Å². The first kappa shape index (κ1) is 15.1. The number of nitrogens with two attached hydrogens (primary N) is 1. The molecule has 1 aromatic carbocycles. The first-order valence-electron chi connectivity index (χ1n) is 7.07. The number of thiocarbonyl (C=S) groups is 1. The van der Waals surface area contributed by atoms with Crippen molar-refractivity contribution in [3.8, 4) is 5.75 Å². The topological polar surface area (TPSA) is 50.5 Å². The van der Waals surface area contributed by atoms with Gasteiger partial charge in [0.25, 0.3) is 0 Å². The monoisotopic (exact) mass is 293 g/mol. The summed E-state index contributed by atoms with van der Waals surface area (Å²) in [5.74, 6) is 0.807. The number of benzene rings is 1. The molecule has 20 heavy (non-hydrogen) atoms. The second-order valence-corrected chi connectivity index (χ2v) is 5.69. The van der Waals surface area contributed by atoms with Crippen LogP contribution in [-0.2, 0) is 0 Å². The quantitative estimate of drug-likeness (QED) is 0.788. The van der Waals surface area contributed by atoms with Crippen LogP contribution >= 0.6 is 12.2 Å². The van der Waals surface area contributed by atoms with E-state index in [1.54, 1.807) is 7.11 Å². The van der Waals surface area contributed by atoms with Crippen LogP contribution in [0, 0.1) is 0 Å². The zero-order valence-electron chi connectivity index (χ0n) is 12.2. The van der Waals surface area contributed by atoms with E-state index in [0.29, 0.717) is 11.0 Å². The fourth-order valence-corrected chi connectivity index (χ4v) is 2.76. The number of nitrogens with zero attached hydrogens (tertiary/aromatic N) is 1. The van der Waals surface area contributed by atoms with Crippen molar-refractivity contribution >= 4 is 22.9 Å². The highest BCUT2D eigenvalue weighted by atomic mass is 32.1. The third-order valence-electron chi connectivity index (χ3n) is 3.84.